The Hall–Kier alpha value is -2.03. The maximum atomic E-state index is 11.6. The number of nitrogens with zero attached hydrogens (tertiary/aromatic N) is 1. The average Bonchev–Trinajstić information content (AvgIpc) is 3.04. The van der Waals surface area contributed by atoms with Gasteiger partial charge in [-0.2, -0.15) is 5.26 Å². The second-order valence-corrected chi connectivity index (χ2v) is 5.31. The lowest BCUT2D eigenvalue weighted by atomic mass is 10.1. The van der Waals surface area contributed by atoms with E-state index in [0.29, 0.717) is 22.9 Å². The van der Waals surface area contributed by atoms with E-state index in [1.807, 2.05) is 6.07 Å². The highest BCUT2D eigenvalue weighted by Crippen LogP contribution is 2.26. The summed E-state index contributed by atoms with van der Waals surface area (Å²) in [4.78, 5) is 11.6. The first-order valence-corrected chi connectivity index (χ1v) is 7.39. The van der Waals surface area contributed by atoms with E-state index in [0.717, 1.165) is 19.4 Å². The van der Waals surface area contributed by atoms with Crippen LogP contribution in [0.2, 0.25) is 5.02 Å². The molecule has 1 heterocycles. The van der Waals surface area contributed by atoms with Crippen molar-refractivity contribution in [3.05, 3.63) is 34.4 Å². The number of halogens is 1. The number of ether oxygens (including phenoxy) is 2. The summed E-state index contributed by atoms with van der Waals surface area (Å²) in [6.45, 7) is 1.20. The van der Waals surface area contributed by atoms with Crippen LogP contribution in [0.1, 0.15) is 18.4 Å². The summed E-state index contributed by atoms with van der Waals surface area (Å²) >= 11 is 5.99. The quantitative estimate of drug-likeness (QED) is 0.668. The van der Waals surface area contributed by atoms with E-state index < -0.39 is 5.91 Å². The standard InChI is InChI=1S/C16H17ClN2O3/c1-19-16(20)12(9-18)7-11-8-13(17)4-5-15(11)22-10-14-3-2-6-21-14/h4-5,7-8,14H,2-3,6,10H2,1H3,(H,19,20)/b12-7+. The molecule has 1 aliphatic heterocycles. The molecule has 1 amide bonds. The number of nitriles is 1. The second kappa shape index (κ2) is 7.83. The summed E-state index contributed by atoms with van der Waals surface area (Å²) in [5.74, 6) is 0.115. The van der Waals surface area contributed by atoms with Crippen molar-refractivity contribution < 1.29 is 14.3 Å². The summed E-state index contributed by atoms with van der Waals surface area (Å²) in [7, 11) is 1.47. The van der Waals surface area contributed by atoms with Gasteiger partial charge < -0.3 is 14.8 Å². The van der Waals surface area contributed by atoms with Gasteiger partial charge in [0.15, 0.2) is 0 Å². The zero-order valence-electron chi connectivity index (χ0n) is 12.3. The number of carbonyl (C=O) groups excluding carboxylic acids is 1. The number of hydrogen-bond acceptors (Lipinski definition) is 4. The second-order valence-electron chi connectivity index (χ2n) is 4.88. The largest absolute Gasteiger partial charge is 0.490 e. The SMILES string of the molecule is CNC(=O)/C(C#N)=C/c1cc(Cl)ccc1OCC1CCCO1. The minimum atomic E-state index is -0.451. The first-order valence-electron chi connectivity index (χ1n) is 7.02. The molecule has 5 nitrogen and oxygen atoms in total. The van der Waals surface area contributed by atoms with Gasteiger partial charge in [0.2, 0.25) is 0 Å². The number of rotatable bonds is 5. The van der Waals surface area contributed by atoms with Crippen molar-refractivity contribution in [1.82, 2.24) is 5.32 Å². The molecule has 2 rings (SSSR count). The number of carbonyl (C=O) groups is 1. The summed E-state index contributed by atoms with van der Waals surface area (Å²) < 4.78 is 11.3. The Balaban J connectivity index is 2.21. The summed E-state index contributed by atoms with van der Waals surface area (Å²) in [5.41, 5.74) is 0.581. The fourth-order valence-electron chi connectivity index (χ4n) is 2.16. The Labute approximate surface area is 134 Å². The van der Waals surface area contributed by atoms with Gasteiger partial charge in [0, 0.05) is 24.2 Å². The van der Waals surface area contributed by atoms with Gasteiger partial charge in [-0.25, -0.2) is 0 Å². The van der Waals surface area contributed by atoms with Gasteiger partial charge in [-0.15, -0.1) is 0 Å². The zero-order chi connectivity index (χ0) is 15.9. The van der Waals surface area contributed by atoms with Crippen LogP contribution in [0.25, 0.3) is 6.08 Å². The maximum absolute atomic E-state index is 11.6. The van der Waals surface area contributed by atoms with Crippen LogP contribution in [0.15, 0.2) is 23.8 Å². The van der Waals surface area contributed by atoms with Crippen molar-refractivity contribution in [2.75, 3.05) is 20.3 Å². The molecule has 1 aliphatic rings. The van der Waals surface area contributed by atoms with Crippen LogP contribution in [-0.4, -0.2) is 32.3 Å². The lowest BCUT2D eigenvalue weighted by molar-refractivity contribution is -0.116. The van der Waals surface area contributed by atoms with E-state index in [-0.39, 0.29) is 11.7 Å². The van der Waals surface area contributed by atoms with Gasteiger partial charge in [-0.3, -0.25) is 4.79 Å². The van der Waals surface area contributed by atoms with Gasteiger partial charge >= 0.3 is 0 Å². The van der Waals surface area contributed by atoms with Crippen molar-refractivity contribution in [2.45, 2.75) is 18.9 Å². The molecule has 0 radical (unpaired) electrons. The number of hydrogen-bond donors (Lipinski definition) is 1. The molecular formula is C16H17ClN2O3. The zero-order valence-corrected chi connectivity index (χ0v) is 13.0. The molecule has 1 fully saturated rings. The van der Waals surface area contributed by atoms with Crippen LogP contribution in [0, 0.1) is 11.3 Å². The Morgan fingerprint density at radius 1 is 1.64 bits per heavy atom. The molecule has 1 unspecified atom stereocenters. The fraction of sp³-hybridized carbons (Fsp3) is 0.375. The highest BCUT2D eigenvalue weighted by molar-refractivity contribution is 6.30. The molecule has 0 aromatic heterocycles. The Bertz CT molecular complexity index is 616. The van der Waals surface area contributed by atoms with E-state index in [2.05, 4.69) is 5.32 Å². The molecule has 1 N–H and O–H groups in total. The maximum Gasteiger partial charge on any atom is 0.261 e. The van der Waals surface area contributed by atoms with Crippen LogP contribution in [0.3, 0.4) is 0 Å². The molecule has 0 aliphatic carbocycles. The normalized spacial score (nSPS) is 17.9. The molecule has 1 saturated heterocycles. The lowest BCUT2D eigenvalue weighted by Gasteiger charge is -2.13. The van der Waals surface area contributed by atoms with Gasteiger partial charge in [0.05, 0.1) is 6.10 Å². The predicted octanol–water partition coefficient (Wildman–Crippen LogP) is 2.55. The molecule has 1 atom stereocenters. The van der Waals surface area contributed by atoms with Crippen molar-refractivity contribution in [3.8, 4) is 11.8 Å². The van der Waals surface area contributed by atoms with Crippen LogP contribution < -0.4 is 10.1 Å². The van der Waals surface area contributed by atoms with Gasteiger partial charge in [0.1, 0.15) is 24.0 Å². The fourth-order valence-corrected chi connectivity index (χ4v) is 2.34. The third-order valence-electron chi connectivity index (χ3n) is 3.31. The van der Waals surface area contributed by atoms with Crippen molar-refractivity contribution >= 4 is 23.6 Å². The summed E-state index contributed by atoms with van der Waals surface area (Å²) in [5, 5.41) is 12.0. The van der Waals surface area contributed by atoms with E-state index in [1.165, 1.54) is 13.1 Å². The van der Waals surface area contributed by atoms with E-state index in [9.17, 15) is 4.79 Å². The molecule has 0 spiro atoms. The van der Waals surface area contributed by atoms with Crippen molar-refractivity contribution in [3.63, 3.8) is 0 Å². The smallest absolute Gasteiger partial charge is 0.261 e. The first kappa shape index (κ1) is 16.3. The third kappa shape index (κ3) is 4.23. The summed E-state index contributed by atoms with van der Waals surface area (Å²) in [6, 6.07) is 6.96. The highest BCUT2D eigenvalue weighted by atomic mass is 35.5. The number of amides is 1. The number of nitrogens with one attached hydrogen (secondary N) is 1. The third-order valence-corrected chi connectivity index (χ3v) is 3.55. The average molecular weight is 321 g/mol. The van der Waals surface area contributed by atoms with Crippen molar-refractivity contribution in [1.29, 1.82) is 5.26 Å². The lowest BCUT2D eigenvalue weighted by Crippen LogP contribution is -2.19. The first-order chi connectivity index (χ1) is 10.6. The molecule has 1 aromatic rings. The van der Waals surface area contributed by atoms with Gasteiger partial charge in [-0.05, 0) is 37.1 Å². The Kier molecular flexibility index (Phi) is 5.82. The van der Waals surface area contributed by atoms with Crippen LogP contribution >= 0.6 is 11.6 Å². The molecule has 22 heavy (non-hydrogen) atoms. The molecular weight excluding hydrogens is 304 g/mol. The molecule has 1 aromatic carbocycles. The molecule has 0 saturated carbocycles. The van der Waals surface area contributed by atoms with Crippen LogP contribution in [0.4, 0.5) is 0 Å². The van der Waals surface area contributed by atoms with E-state index in [1.54, 1.807) is 18.2 Å². The summed E-state index contributed by atoms with van der Waals surface area (Å²) in [6.07, 6.45) is 3.56. The Morgan fingerprint density at radius 2 is 2.45 bits per heavy atom. The minimum absolute atomic E-state index is 0.00765. The molecule has 6 heteroatoms. The van der Waals surface area contributed by atoms with Crippen molar-refractivity contribution in [2.24, 2.45) is 0 Å². The topological polar surface area (TPSA) is 71.4 Å². The van der Waals surface area contributed by atoms with Crippen LogP contribution in [-0.2, 0) is 9.53 Å². The Morgan fingerprint density at radius 3 is 3.09 bits per heavy atom. The van der Waals surface area contributed by atoms with Gasteiger partial charge in [0.25, 0.3) is 5.91 Å². The molecule has 116 valence electrons. The number of likely N-dealkylation sites (N-methyl/N-ethyl adjacent to an activating group) is 1. The van der Waals surface area contributed by atoms with E-state index in [4.69, 9.17) is 26.3 Å². The van der Waals surface area contributed by atoms with Gasteiger partial charge in [-0.1, -0.05) is 11.6 Å². The molecule has 0 bridgehead atoms. The predicted molar refractivity (Wildman–Crippen MR) is 83.6 cm³/mol. The minimum Gasteiger partial charge on any atom is -0.490 e. The number of benzene rings is 1. The van der Waals surface area contributed by atoms with Crippen LogP contribution in [0.5, 0.6) is 5.75 Å². The monoisotopic (exact) mass is 320 g/mol. The highest BCUT2D eigenvalue weighted by Gasteiger charge is 2.17. The van der Waals surface area contributed by atoms with E-state index >= 15 is 0 Å².